The highest BCUT2D eigenvalue weighted by Crippen LogP contribution is 2.37. The fraction of sp³-hybridized carbons (Fsp3) is 0.290. The first-order valence-electron chi connectivity index (χ1n) is 12.8. The molecule has 38 heavy (non-hydrogen) atoms. The van der Waals surface area contributed by atoms with Gasteiger partial charge >= 0.3 is 5.97 Å². The van der Waals surface area contributed by atoms with E-state index in [0.29, 0.717) is 10.6 Å². The number of nitrogens with zero attached hydrogens (tertiary/aromatic N) is 2. The van der Waals surface area contributed by atoms with E-state index in [0.717, 1.165) is 66.4 Å². The SMILES string of the molecule is COC(=O)/C=C/c1cccc(N(Sc2ccc(-c3ccc(N(C)C)cc3)cc2F)C(=O)C2CCCCC2)c1. The van der Waals surface area contributed by atoms with Gasteiger partial charge in [-0.25, -0.2) is 13.5 Å². The van der Waals surface area contributed by atoms with Crippen molar-refractivity contribution in [1.29, 1.82) is 0 Å². The Morgan fingerprint density at radius 3 is 2.29 bits per heavy atom. The zero-order valence-corrected chi connectivity index (χ0v) is 22.8. The molecular weight excluding hydrogens is 499 g/mol. The van der Waals surface area contributed by atoms with Crippen molar-refractivity contribution < 1.29 is 18.7 Å². The Balaban J connectivity index is 1.63. The Bertz CT molecular complexity index is 1300. The molecule has 0 aromatic heterocycles. The number of hydrogen-bond acceptors (Lipinski definition) is 5. The number of ether oxygens (including phenoxy) is 1. The second kappa shape index (κ2) is 12.8. The van der Waals surface area contributed by atoms with Crippen LogP contribution in [0.25, 0.3) is 17.2 Å². The highest BCUT2D eigenvalue weighted by molar-refractivity contribution is 8.01. The number of carbonyl (C=O) groups is 2. The van der Waals surface area contributed by atoms with E-state index in [9.17, 15) is 9.59 Å². The van der Waals surface area contributed by atoms with Gasteiger partial charge in [-0.2, -0.15) is 0 Å². The van der Waals surface area contributed by atoms with Crippen molar-refractivity contribution >= 4 is 41.3 Å². The summed E-state index contributed by atoms with van der Waals surface area (Å²) in [5.74, 6) is -0.958. The quantitative estimate of drug-likeness (QED) is 0.172. The fourth-order valence-corrected chi connectivity index (χ4v) is 5.46. The highest BCUT2D eigenvalue weighted by Gasteiger charge is 2.29. The second-order valence-electron chi connectivity index (χ2n) is 9.60. The number of carbonyl (C=O) groups excluding carboxylic acids is 2. The second-order valence-corrected chi connectivity index (χ2v) is 10.6. The van der Waals surface area contributed by atoms with Crippen LogP contribution in [0.4, 0.5) is 15.8 Å². The van der Waals surface area contributed by atoms with Gasteiger partial charge in [-0.05, 0) is 84.0 Å². The van der Waals surface area contributed by atoms with Gasteiger partial charge in [-0.15, -0.1) is 0 Å². The first kappa shape index (κ1) is 27.5. The van der Waals surface area contributed by atoms with E-state index >= 15 is 4.39 Å². The number of anilines is 2. The van der Waals surface area contributed by atoms with Gasteiger partial charge in [0.05, 0.1) is 17.7 Å². The third kappa shape index (κ3) is 6.84. The Morgan fingerprint density at radius 1 is 0.921 bits per heavy atom. The molecule has 0 bridgehead atoms. The maximum atomic E-state index is 15.4. The third-order valence-corrected chi connectivity index (χ3v) is 7.81. The number of esters is 1. The molecule has 5 nitrogen and oxygen atoms in total. The number of methoxy groups -OCH3 is 1. The number of hydrogen-bond donors (Lipinski definition) is 0. The Labute approximate surface area is 228 Å². The van der Waals surface area contributed by atoms with Crippen LogP contribution in [-0.2, 0) is 14.3 Å². The molecule has 0 unspecified atom stereocenters. The van der Waals surface area contributed by atoms with Crippen molar-refractivity contribution in [2.45, 2.75) is 37.0 Å². The molecule has 0 N–H and O–H groups in total. The first-order valence-corrected chi connectivity index (χ1v) is 13.6. The highest BCUT2D eigenvalue weighted by atomic mass is 32.2. The summed E-state index contributed by atoms with van der Waals surface area (Å²) in [4.78, 5) is 27.6. The van der Waals surface area contributed by atoms with Crippen LogP contribution in [0, 0.1) is 11.7 Å². The van der Waals surface area contributed by atoms with Crippen LogP contribution < -0.4 is 9.21 Å². The van der Waals surface area contributed by atoms with Gasteiger partial charge in [0, 0.05) is 31.8 Å². The van der Waals surface area contributed by atoms with Gasteiger partial charge in [0.15, 0.2) is 0 Å². The molecule has 0 heterocycles. The Hall–Kier alpha value is -3.58. The van der Waals surface area contributed by atoms with Crippen LogP contribution in [0.3, 0.4) is 0 Å². The molecule has 1 aliphatic rings. The number of halogens is 1. The number of rotatable bonds is 8. The number of benzene rings is 3. The van der Waals surface area contributed by atoms with Gasteiger partial charge in [-0.3, -0.25) is 4.79 Å². The van der Waals surface area contributed by atoms with Crippen molar-refractivity contribution in [1.82, 2.24) is 0 Å². The Morgan fingerprint density at radius 2 is 1.63 bits per heavy atom. The van der Waals surface area contributed by atoms with Crippen molar-refractivity contribution in [3.8, 4) is 11.1 Å². The minimum absolute atomic E-state index is 0.0217. The molecule has 1 amide bonds. The van der Waals surface area contributed by atoms with E-state index in [4.69, 9.17) is 0 Å². The normalized spacial score (nSPS) is 13.9. The largest absolute Gasteiger partial charge is 0.466 e. The summed E-state index contributed by atoms with van der Waals surface area (Å²) >= 11 is 1.10. The summed E-state index contributed by atoms with van der Waals surface area (Å²) in [5, 5.41) is 0. The van der Waals surface area contributed by atoms with E-state index in [1.54, 1.807) is 16.4 Å². The van der Waals surface area contributed by atoms with Gasteiger partial charge in [-0.1, -0.05) is 49.6 Å². The average molecular weight is 533 g/mol. The summed E-state index contributed by atoms with van der Waals surface area (Å²) in [6.07, 6.45) is 7.82. The standard InChI is InChI=1S/C31H33FN2O3S/c1-33(2)26-16-13-23(14-17-26)25-15-18-29(28(32)21-25)38-34(31(36)24-9-5-4-6-10-24)27-11-7-8-22(20-27)12-19-30(35)37-3/h7-8,11-21,24H,4-6,9-10H2,1-3H3/b19-12+. The van der Waals surface area contributed by atoms with Crippen LogP contribution in [0.2, 0.25) is 0 Å². The molecule has 1 fully saturated rings. The van der Waals surface area contributed by atoms with Gasteiger partial charge in [0.1, 0.15) is 5.82 Å². The summed E-state index contributed by atoms with van der Waals surface area (Å²) in [6, 6.07) is 20.4. The zero-order chi connectivity index (χ0) is 27.1. The van der Waals surface area contributed by atoms with Crippen LogP contribution in [-0.4, -0.2) is 33.1 Å². The predicted octanol–water partition coefficient (Wildman–Crippen LogP) is 7.37. The molecule has 0 atom stereocenters. The minimum atomic E-state index is -0.460. The van der Waals surface area contributed by atoms with Crippen molar-refractivity contribution in [3.05, 3.63) is 84.2 Å². The molecule has 3 aromatic rings. The predicted molar refractivity (Wildman–Crippen MR) is 154 cm³/mol. The maximum absolute atomic E-state index is 15.4. The van der Waals surface area contributed by atoms with E-state index in [1.165, 1.54) is 19.3 Å². The molecular formula is C31H33FN2O3S. The lowest BCUT2D eigenvalue weighted by atomic mass is 9.88. The minimum Gasteiger partial charge on any atom is -0.466 e. The van der Waals surface area contributed by atoms with Crippen LogP contribution in [0.5, 0.6) is 0 Å². The van der Waals surface area contributed by atoms with Crippen LogP contribution in [0.1, 0.15) is 37.7 Å². The molecule has 1 aliphatic carbocycles. The van der Waals surface area contributed by atoms with Crippen molar-refractivity contribution in [2.75, 3.05) is 30.4 Å². The summed E-state index contributed by atoms with van der Waals surface area (Å²) in [6.45, 7) is 0. The summed E-state index contributed by atoms with van der Waals surface area (Å²) < 4.78 is 21.7. The molecule has 0 saturated heterocycles. The van der Waals surface area contributed by atoms with Crippen LogP contribution >= 0.6 is 11.9 Å². The van der Waals surface area contributed by atoms with E-state index < -0.39 is 5.97 Å². The maximum Gasteiger partial charge on any atom is 0.330 e. The summed E-state index contributed by atoms with van der Waals surface area (Å²) in [7, 11) is 5.28. The molecule has 4 rings (SSSR count). The van der Waals surface area contributed by atoms with E-state index in [-0.39, 0.29) is 17.6 Å². The molecule has 0 aliphatic heterocycles. The lowest BCUT2D eigenvalue weighted by Gasteiger charge is -2.28. The molecule has 1 saturated carbocycles. The molecule has 3 aromatic carbocycles. The smallest absolute Gasteiger partial charge is 0.330 e. The lowest BCUT2D eigenvalue weighted by Crippen LogP contribution is -2.32. The molecule has 7 heteroatoms. The Kier molecular flexibility index (Phi) is 9.24. The topological polar surface area (TPSA) is 49.9 Å². The zero-order valence-electron chi connectivity index (χ0n) is 22.0. The first-order chi connectivity index (χ1) is 18.4. The van der Waals surface area contributed by atoms with Gasteiger partial charge in [0.25, 0.3) is 0 Å². The van der Waals surface area contributed by atoms with Gasteiger partial charge in [0.2, 0.25) is 5.91 Å². The molecule has 198 valence electrons. The monoisotopic (exact) mass is 532 g/mol. The van der Waals surface area contributed by atoms with E-state index in [1.807, 2.05) is 73.6 Å². The van der Waals surface area contributed by atoms with Crippen molar-refractivity contribution in [2.24, 2.45) is 5.92 Å². The lowest BCUT2D eigenvalue weighted by molar-refractivity contribution is -0.134. The van der Waals surface area contributed by atoms with Gasteiger partial charge < -0.3 is 9.64 Å². The fourth-order valence-electron chi connectivity index (χ4n) is 4.53. The van der Waals surface area contributed by atoms with E-state index in [2.05, 4.69) is 4.74 Å². The molecule has 0 spiro atoms. The van der Waals surface area contributed by atoms with Crippen LogP contribution in [0.15, 0.2) is 77.7 Å². The third-order valence-electron chi connectivity index (χ3n) is 6.71. The average Bonchev–Trinajstić information content (AvgIpc) is 2.95. The number of amides is 1. The molecule has 0 radical (unpaired) electrons. The van der Waals surface area contributed by atoms with Crippen molar-refractivity contribution in [3.63, 3.8) is 0 Å². The summed E-state index contributed by atoms with van der Waals surface area (Å²) in [5.41, 5.74) is 4.15.